The van der Waals surface area contributed by atoms with Crippen LogP contribution in [0.5, 0.6) is 0 Å². The number of rotatable bonds is 4. The third-order valence-corrected chi connectivity index (χ3v) is 2.18. The van der Waals surface area contributed by atoms with E-state index in [-0.39, 0.29) is 5.91 Å². The number of nitrogens with one attached hydrogen (secondary N) is 1. The first kappa shape index (κ1) is 11.9. The number of carbonyl (C=O) groups excluding carboxylic acids is 1. The third kappa shape index (κ3) is 4.27. The molecule has 0 bridgehead atoms. The Balaban J connectivity index is 2.50. The van der Waals surface area contributed by atoms with Crippen LogP contribution >= 0.6 is 23.8 Å². The van der Waals surface area contributed by atoms with Gasteiger partial charge < -0.3 is 11.1 Å². The molecule has 0 saturated heterocycles. The summed E-state index contributed by atoms with van der Waals surface area (Å²) >= 11 is 10.4. The zero-order valence-corrected chi connectivity index (χ0v) is 9.57. The number of carbonyl (C=O) groups is 1. The maximum atomic E-state index is 11.5. The van der Waals surface area contributed by atoms with E-state index in [0.29, 0.717) is 28.5 Å². The molecule has 0 spiro atoms. The highest BCUT2D eigenvalue weighted by atomic mass is 35.5. The predicted molar refractivity (Wildman–Crippen MR) is 65.2 cm³/mol. The SMILES string of the molecule is NC(=S)CCNC(=O)c1cccc(Cl)c1. The first-order chi connectivity index (χ1) is 7.09. The third-order valence-electron chi connectivity index (χ3n) is 1.74. The molecule has 80 valence electrons. The molecule has 0 saturated carbocycles. The average Bonchev–Trinajstić information content (AvgIpc) is 2.17. The fourth-order valence-corrected chi connectivity index (χ4v) is 1.32. The van der Waals surface area contributed by atoms with Crippen molar-refractivity contribution in [2.24, 2.45) is 5.73 Å². The molecule has 0 heterocycles. The quantitative estimate of drug-likeness (QED) is 0.791. The minimum atomic E-state index is -0.172. The van der Waals surface area contributed by atoms with Crippen molar-refractivity contribution in [3.05, 3.63) is 34.9 Å². The van der Waals surface area contributed by atoms with Crippen LogP contribution in [0, 0.1) is 0 Å². The van der Waals surface area contributed by atoms with E-state index < -0.39 is 0 Å². The molecule has 1 amide bonds. The lowest BCUT2D eigenvalue weighted by molar-refractivity contribution is 0.0955. The summed E-state index contributed by atoms with van der Waals surface area (Å²) in [5.74, 6) is -0.172. The van der Waals surface area contributed by atoms with Gasteiger partial charge in [-0.25, -0.2) is 0 Å². The summed E-state index contributed by atoms with van der Waals surface area (Å²) in [6, 6.07) is 6.75. The maximum absolute atomic E-state index is 11.5. The lowest BCUT2D eigenvalue weighted by Crippen LogP contribution is -2.27. The molecule has 0 aromatic heterocycles. The zero-order chi connectivity index (χ0) is 11.3. The first-order valence-corrected chi connectivity index (χ1v) is 5.20. The number of halogens is 1. The van der Waals surface area contributed by atoms with Crippen molar-refractivity contribution in [2.75, 3.05) is 6.54 Å². The molecule has 1 aromatic carbocycles. The van der Waals surface area contributed by atoms with Crippen LogP contribution in [0.1, 0.15) is 16.8 Å². The molecule has 0 aliphatic carbocycles. The Labute approximate surface area is 98.6 Å². The van der Waals surface area contributed by atoms with Crippen molar-refractivity contribution in [2.45, 2.75) is 6.42 Å². The lowest BCUT2D eigenvalue weighted by atomic mass is 10.2. The van der Waals surface area contributed by atoms with Crippen molar-refractivity contribution in [3.63, 3.8) is 0 Å². The highest BCUT2D eigenvalue weighted by molar-refractivity contribution is 7.80. The summed E-state index contributed by atoms with van der Waals surface area (Å²) in [7, 11) is 0. The van der Waals surface area contributed by atoms with E-state index in [9.17, 15) is 4.79 Å². The second kappa shape index (κ2) is 5.68. The van der Waals surface area contributed by atoms with E-state index in [1.54, 1.807) is 24.3 Å². The molecule has 5 heteroatoms. The van der Waals surface area contributed by atoms with Gasteiger partial charge in [0.2, 0.25) is 0 Å². The molecule has 1 rings (SSSR count). The van der Waals surface area contributed by atoms with Crippen LogP contribution in [0.2, 0.25) is 5.02 Å². The van der Waals surface area contributed by atoms with Gasteiger partial charge in [-0.1, -0.05) is 29.9 Å². The standard InChI is InChI=1S/C10H11ClN2OS/c11-8-3-1-2-7(6-8)10(14)13-5-4-9(12)15/h1-3,6H,4-5H2,(H2,12,15)(H,13,14). The van der Waals surface area contributed by atoms with Crippen molar-refractivity contribution in [3.8, 4) is 0 Å². The van der Waals surface area contributed by atoms with Gasteiger partial charge >= 0.3 is 0 Å². The number of hydrogen-bond acceptors (Lipinski definition) is 2. The summed E-state index contributed by atoms with van der Waals surface area (Å²) in [5.41, 5.74) is 5.83. The molecule has 0 radical (unpaired) electrons. The molecule has 0 aliphatic heterocycles. The highest BCUT2D eigenvalue weighted by Gasteiger charge is 2.04. The van der Waals surface area contributed by atoms with Gasteiger partial charge in [0.05, 0.1) is 4.99 Å². The van der Waals surface area contributed by atoms with E-state index in [1.165, 1.54) is 0 Å². The number of hydrogen-bond donors (Lipinski definition) is 2. The van der Waals surface area contributed by atoms with Gasteiger partial charge in [-0.05, 0) is 18.2 Å². The molecule has 3 N–H and O–H groups in total. The first-order valence-electron chi connectivity index (χ1n) is 4.41. The van der Waals surface area contributed by atoms with Gasteiger partial charge in [-0.15, -0.1) is 0 Å². The molecule has 1 aromatic rings. The number of benzene rings is 1. The normalized spacial score (nSPS) is 9.67. The van der Waals surface area contributed by atoms with Crippen LogP contribution in [0.3, 0.4) is 0 Å². The lowest BCUT2D eigenvalue weighted by Gasteiger charge is -2.04. The number of nitrogens with two attached hydrogens (primary N) is 1. The molecule has 15 heavy (non-hydrogen) atoms. The van der Waals surface area contributed by atoms with Crippen LogP contribution in [0.25, 0.3) is 0 Å². The van der Waals surface area contributed by atoms with E-state index in [4.69, 9.17) is 29.6 Å². The van der Waals surface area contributed by atoms with Crippen LogP contribution < -0.4 is 11.1 Å². The Morgan fingerprint density at radius 2 is 2.27 bits per heavy atom. The molecular formula is C10H11ClN2OS. The maximum Gasteiger partial charge on any atom is 0.251 e. The van der Waals surface area contributed by atoms with E-state index in [1.807, 2.05) is 0 Å². The van der Waals surface area contributed by atoms with Gasteiger partial charge in [-0.3, -0.25) is 4.79 Å². The monoisotopic (exact) mass is 242 g/mol. The summed E-state index contributed by atoms with van der Waals surface area (Å²) < 4.78 is 0. The minimum Gasteiger partial charge on any atom is -0.393 e. The van der Waals surface area contributed by atoms with Gasteiger partial charge in [0.1, 0.15) is 0 Å². The van der Waals surface area contributed by atoms with Crippen LogP contribution in [-0.4, -0.2) is 17.4 Å². The largest absolute Gasteiger partial charge is 0.393 e. The highest BCUT2D eigenvalue weighted by Crippen LogP contribution is 2.10. The fourth-order valence-electron chi connectivity index (χ4n) is 1.03. The second-order valence-electron chi connectivity index (χ2n) is 2.98. The van der Waals surface area contributed by atoms with Crippen LogP contribution in [0.4, 0.5) is 0 Å². The van der Waals surface area contributed by atoms with Gasteiger partial charge in [0.25, 0.3) is 5.91 Å². The predicted octanol–water partition coefficient (Wildman–Crippen LogP) is 1.75. The summed E-state index contributed by atoms with van der Waals surface area (Å²) in [5, 5.41) is 3.23. The minimum absolute atomic E-state index is 0.172. The van der Waals surface area contributed by atoms with Gasteiger partial charge in [0.15, 0.2) is 0 Å². The smallest absolute Gasteiger partial charge is 0.251 e. The summed E-state index contributed by atoms with van der Waals surface area (Å²) in [6.45, 7) is 0.445. The van der Waals surface area contributed by atoms with Crippen molar-refractivity contribution >= 4 is 34.7 Å². The molecule has 0 atom stereocenters. The van der Waals surface area contributed by atoms with Gasteiger partial charge in [-0.2, -0.15) is 0 Å². The van der Waals surface area contributed by atoms with E-state index >= 15 is 0 Å². The van der Waals surface area contributed by atoms with Crippen molar-refractivity contribution in [1.29, 1.82) is 0 Å². The molecular weight excluding hydrogens is 232 g/mol. The van der Waals surface area contributed by atoms with E-state index in [2.05, 4.69) is 5.32 Å². The van der Waals surface area contributed by atoms with Crippen molar-refractivity contribution < 1.29 is 4.79 Å². The second-order valence-corrected chi connectivity index (χ2v) is 3.94. The molecule has 0 fully saturated rings. The summed E-state index contributed by atoms with van der Waals surface area (Å²) in [6.07, 6.45) is 0.502. The zero-order valence-electron chi connectivity index (χ0n) is 8.00. The Morgan fingerprint density at radius 1 is 1.53 bits per heavy atom. The topological polar surface area (TPSA) is 55.1 Å². The molecule has 0 unspecified atom stereocenters. The Morgan fingerprint density at radius 3 is 2.87 bits per heavy atom. The Kier molecular flexibility index (Phi) is 4.52. The summed E-state index contributed by atoms with van der Waals surface area (Å²) in [4.78, 5) is 11.9. The fraction of sp³-hybridized carbons (Fsp3) is 0.200. The number of amides is 1. The number of thiocarbonyl (C=S) groups is 1. The van der Waals surface area contributed by atoms with Gasteiger partial charge in [0, 0.05) is 23.6 Å². The van der Waals surface area contributed by atoms with Crippen molar-refractivity contribution in [1.82, 2.24) is 5.32 Å². The van der Waals surface area contributed by atoms with E-state index in [0.717, 1.165) is 0 Å². The van der Waals surface area contributed by atoms with Crippen LogP contribution in [0.15, 0.2) is 24.3 Å². The Bertz CT molecular complexity index is 381. The average molecular weight is 243 g/mol. The van der Waals surface area contributed by atoms with Crippen LogP contribution in [-0.2, 0) is 0 Å². The molecule has 3 nitrogen and oxygen atoms in total. The Hall–Kier alpha value is -1.13. The molecule has 0 aliphatic rings.